The molecule has 4 rings (SSSR count). The first-order valence-corrected chi connectivity index (χ1v) is 9.89. The molecule has 0 saturated carbocycles. The molecule has 0 unspecified atom stereocenters. The lowest BCUT2D eigenvalue weighted by Crippen LogP contribution is -2.47. The molecule has 2 aromatic heterocycles. The van der Waals surface area contributed by atoms with E-state index < -0.39 is 0 Å². The van der Waals surface area contributed by atoms with Gasteiger partial charge in [0.25, 0.3) is 0 Å². The Kier molecular flexibility index (Phi) is 5.71. The van der Waals surface area contributed by atoms with Gasteiger partial charge in [-0.2, -0.15) is 4.98 Å². The number of benzene rings is 1. The Hall–Kier alpha value is -2.28. The van der Waals surface area contributed by atoms with E-state index in [1.165, 1.54) is 0 Å². The average Bonchev–Trinajstić information content (AvgIpc) is 2.71. The SMILES string of the molecule is Clc1cc(Nc2ccc(Cl)c(Cl)c2)nc(N2CCN(c3ccccn3)CC2)n1. The summed E-state index contributed by atoms with van der Waals surface area (Å²) in [4.78, 5) is 17.8. The van der Waals surface area contributed by atoms with Crippen LogP contribution in [0.25, 0.3) is 0 Å². The quantitative estimate of drug-likeness (QED) is 0.588. The van der Waals surface area contributed by atoms with Crippen molar-refractivity contribution in [1.29, 1.82) is 0 Å². The number of pyridine rings is 1. The van der Waals surface area contributed by atoms with E-state index >= 15 is 0 Å². The van der Waals surface area contributed by atoms with Crippen molar-refractivity contribution in [2.45, 2.75) is 0 Å². The zero-order valence-electron chi connectivity index (χ0n) is 14.8. The Morgan fingerprint density at radius 3 is 2.32 bits per heavy atom. The van der Waals surface area contributed by atoms with Gasteiger partial charge in [0, 0.05) is 44.1 Å². The summed E-state index contributed by atoms with van der Waals surface area (Å²) in [6, 6.07) is 12.9. The predicted octanol–water partition coefficient (Wildman–Crippen LogP) is 4.90. The molecule has 28 heavy (non-hydrogen) atoms. The summed E-state index contributed by atoms with van der Waals surface area (Å²) >= 11 is 18.3. The predicted molar refractivity (Wildman–Crippen MR) is 115 cm³/mol. The lowest BCUT2D eigenvalue weighted by molar-refractivity contribution is 0.635. The maximum atomic E-state index is 6.23. The molecule has 1 N–H and O–H groups in total. The molecule has 1 saturated heterocycles. The van der Waals surface area contributed by atoms with E-state index in [4.69, 9.17) is 34.8 Å². The van der Waals surface area contributed by atoms with Crippen LogP contribution in [0.1, 0.15) is 0 Å². The third-order valence-corrected chi connectivity index (χ3v) is 5.34. The van der Waals surface area contributed by atoms with Gasteiger partial charge in [-0.05, 0) is 30.3 Å². The van der Waals surface area contributed by atoms with Crippen LogP contribution < -0.4 is 15.1 Å². The molecular weight excluding hydrogens is 419 g/mol. The van der Waals surface area contributed by atoms with E-state index in [0.717, 1.165) is 37.7 Å². The molecule has 0 bridgehead atoms. The maximum absolute atomic E-state index is 6.23. The highest BCUT2D eigenvalue weighted by Crippen LogP contribution is 2.28. The molecule has 6 nitrogen and oxygen atoms in total. The second kappa shape index (κ2) is 8.39. The summed E-state index contributed by atoms with van der Waals surface area (Å²) in [5, 5.41) is 4.55. The number of hydrogen-bond donors (Lipinski definition) is 1. The standard InChI is InChI=1S/C19H17Cl3N6/c20-14-5-4-13(11-15(14)21)24-17-12-16(22)25-19(26-17)28-9-7-27(8-10-28)18-3-1-2-6-23-18/h1-6,11-12H,7-10H2,(H,24,25,26). The monoisotopic (exact) mass is 434 g/mol. The minimum absolute atomic E-state index is 0.375. The van der Waals surface area contributed by atoms with Gasteiger partial charge in [0.15, 0.2) is 0 Å². The third kappa shape index (κ3) is 4.41. The molecule has 1 aromatic carbocycles. The molecule has 0 amide bonds. The van der Waals surface area contributed by atoms with E-state index in [-0.39, 0.29) is 0 Å². The Morgan fingerprint density at radius 2 is 1.61 bits per heavy atom. The van der Waals surface area contributed by atoms with Crippen LogP contribution in [0, 0.1) is 0 Å². The normalized spacial score (nSPS) is 14.2. The summed E-state index contributed by atoms with van der Waals surface area (Å²) in [5.41, 5.74) is 0.773. The van der Waals surface area contributed by atoms with Crippen LogP contribution in [0.3, 0.4) is 0 Å². The lowest BCUT2D eigenvalue weighted by atomic mass is 10.3. The number of rotatable bonds is 4. The summed E-state index contributed by atoms with van der Waals surface area (Å²) in [5.74, 6) is 2.17. The van der Waals surface area contributed by atoms with Crippen molar-refractivity contribution in [3.63, 3.8) is 0 Å². The van der Waals surface area contributed by atoms with Crippen molar-refractivity contribution in [2.75, 3.05) is 41.3 Å². The first-order chi connectivity index (χ1) is 13.6. The second-order valence-electron chi connectivity index (χ2n) is 6.29. The van der Waals surface area contributed by atoms with Gasteiger partial charge >= 0.3 is 0 Å². The summed E-state index contributed by atoms with van der Waals surface area (Å²) < 4.78 is 0. The number of aromatic nitrogens is 3. The van der Waals surface area contributed by atoms with E-state index in [9.17, 15) is 0 Å². The number of halogens is 3. The number of nitrogens with one attached hydrogen (secondary N) is 1. The number of nitrogens with zero attached hydrogens (tertiary/aromatic N) is 5. The molecular formula is C19H17Cl3N6. The summed E-state index contributed by atoms with van der Waals surface area (Å²) in [6.45, 7) is 3.23. The van der Waals surface area contributed by atoms with Crippen LogP contribution in [0.5, 0.6) is 0 Å². The van der Waals surface area contributed by atoms with Crippen LogP contribution in [0.2, 0.25) is 15.2 Å². The van der Waals surface area contributed by atoms with Crippen LogP contribution in [0.15, 0.2) is 48.7 Å². The number of anilines is 4. The molecule has 0 radical (unpaired) electrons. The van der Waals surface area contributed by atoms with Crippen molar-refractivity contribution >= 4 is 58.1 Å². The van der Waals surface area contributed by atoms with Gasteiger partial charge in [0.2, 0.25) is 5.95 Å². The number of hydrogen-bond acceptors (Lipinski definition) is 6. The first-order valence-electron chi connectivity index (χ1n) is 8.76. The maximum Gasteiger partial charge on any atom is 0.228 e. The molecule has 0 aliphatic carbocycles. The van der Waals surface area contributed by atoms with Gasteiger partial charge in [-0.3, -0.25) is 0 Å². The Labute approximate surface area is 178 Å². The fourth-order valence-electron chi connectivity index (χ4n) is 3.01. The van der Waals surface area contributed by atoms with Crippen molar-refractivity contribution in [1.82, 2.24) is 15.0 Å². The molecule has 1 aliphatic rings. The molecule has 0 spiro atoms. The molecule has 144 valence electrons. The van der Waals surface area contributed by atoms with E-state index in [1.807, 2.05) is 30.5 Å². The molecule has 3 heterocycles. The van der Waals surface area contributed by atoms with E-state index in [0.29, 0.717) is 27.0 Å². The van der Waals surface area contributed by atoms with Crippen LogP contribution in [0.4, 0.5) is 23.3 Å². The van der Waals surface area contributed by atoms with Crippen molar-refractivity contribution in [3.05, 3.63) is 63.9 Å². The average molecular weight is 436 g/mol. The van der Waals surface area contributed by atoms with Crippen LogP contribution in [-0.2, 0) is 0 Å². The molecule has 9 heteroatoms. The molecule has 1 fully saturated rings. The van der Waals surface area contributed by atoms with Gasteiger partial charge < -0.3 is 15.1 Å². The smallest absolute Gasteiger partial charge is 0.228 e. The van der Waals surface area contributed by atoms with Crippen molar-refractivity contribution < 1.29 is 0 Å². The van der Waals surface area contributed by atoms with Crippen LogP contribution in [-0.4, -0.2) is 41.1 Å². The minimum atomic E-state index is 0.375. The molecule has 1 aliphatic heterocycles. The van der Waals surface area contributed by atoms with Crippen molar-refractivity contribution in [2.24, 2.45) is 0 Å². The highest BCUT2D eigenvalue weighted by atomic mass is 35.5. The lowest BCUT2D eigenvalue weighted by Gasteiger charge is -2.35. The Morgan fingerprint density at radius 1 is 0.821 bits per heavy atom. The Bertz CT molecular complexity index is 961. The first kappa shape index (κ1) is 19.1. The molecule has 0 atom stereocenters. The fraction of sp³-hybridized carbons (Fsp3) is 0.211. The summed E-state index contributed by atoms with van der Waals surface area (Å²) in [6.07, 6.45) is 1.81. The van der Waals surface area contributed by atoms with Gasteiger partial charge in [-0.15, -0.1) is 0 Å². The fourth-order valence-corrected chi connectivity index (χ4v) is 3.49. The van der Waals surface area contributed by atoms with Gasteiger partial charge in [-0.1, -0.05) is 40.9 Å². The largest absolute Gasteiger partial charge is 0.353 e. The Balaban J connectivity index is 1.47. The van der Waals surface area contributed by atoms with Crippen molar-refractivity contribution in [3.8, 4) is 0 Å². The van der Waals surface area contributed by atoms with Gasteiger partial charge in [-0.25, -0.2) is 9.97 Å². The van der Waals surface area contributed by atoms with E-state index in [1.54, 1.807) is 18.2 Å². The zero-order chi connectivity index (χ0) is 19.5. The van der Waals surface area contributed by atoms with E-state index in [2.05, 4.69) is 30.1 Å². The third-order valence-electron chi connectivity index (χ3n) is 4.41. The second-order valence-corrected chi connectivity index (χ2v) is 7.49. The van der Waals surface area contributed by atoms with Crippen LogP contribution >= 0.6 is 34.8 Å². The zero-order valence-corrected chi connectivity index (χ0v) is 17.1. The topological polar surface area (TPSA) is 57.2 Å². The minimum Gasteiger partial charge on any atom is -0.353 e. The highest BCUT2D eigenvalue weighted by molar-refractivity contribution is 6.42. The highest BCUT2D eigenvalue weighted by Gasteiger charge is 2.20. The summed E-state index contributed by atoms with van der Waals surface area (Å²) in [7, 11) is 0. The van der Waals surface area contributed by atoms with Gasteiger partial charge in [0.1, 0.15) is 16.8 Å². The molecule has 3 aromatic rings. The number of piperazine rings is 1. The van der Waals surface area contributed by atoms with Gasteiger partial charge in [0.05, 0.1) is 10.0 Å².